The van der Waals surface area contributed by atoms with Crippen molar-refractivity contribution in [3.8, 4) is 0 Å². The molecule has 0 aliphatic carbocycles. The first-order valence-corrected chi connectivity index (χ1v) is 18.0. The summed E-state index contributed by atoms with van der Waals surface area (Å²) in [6, 6.07) is 1.84. The van der Waals surface area contributed by atoms with E-state index in [0.717, 1.165) is 50.6 Å². The van der Waals surface area contributed by atoms with Crippen molar-refractivity contribution >= 4 is 41.7 Å². The maximum atomic E-state index is 12.1. The Bertz CT molecular complexity index is 1250. The Hall–Kier alpha value is -4.80. The van der Waals surface area contributed by atoms with E-state index in [2.05, 4.69) is 26.3 Å². The topological polar surface area (TPSA) is 265 Å². The molecule has 1 aromatic heterocycles. The number of pyridine rings is 1. The molecule has 2 atom stereocenters. The fourth-order valence-electron chi connectivity index (χ4n) is 5.29. The Kier molecular flexibility index (Phi) is 24.2. The summed E-state index contributed by atoms with van der Waals surface area (Å²) in [6.45, 7) is 2.15. The molecule has 0 radical (unpaired) electrons. The highest BCUT2D eigenvalue weighted by Crippen LogP contribution is 2.09. The van der Waals surface area contributed by atoms with Gasteiger partial charge in [-0.15, -0.1) is 0 Å². The lowest BCUT2D eigenvalue weighted by Crippen LogP contribution is -2.51. The van der Waals surface area contributed by atoms with Crippen LogP contribution in [0, 0.1) is 0 Å². The van der Waals surface area contributed by atoms with Crippen molar-refractivity contribution in [3.63, 3.8) is 0 Å². The predicted molar refractivity (Wildman–Crippen MR) is 189 cm³/mol. The summed E-state index contributed by atoms with van der Waals surface area (Å²) in [6.07, 6.45) is 10.1. The van der Waals surface area contributed by atoms with Gasteiger partial charge in [0.15, 0.2) is 0 Å². The first-order chi connectivity index (χ1) is 24.9. The first-order valence-electron chi connectivity index (χ1n) is 18.0. The minimum atomic E-state index is -1.47. The largest absolute Gasteiger partial charge is 0.481 e. The van der Waals surface area contributed by atoms with Crippen LogP contribution in [0.2, 0.25) is 0 Å². The number of nitrogens with one attached hydrogen (secondary N) is 4. The second-order valence-corrected chi connectivity index (χ2v) is 12.6. The van der Waals surface area contributed by atoms with E-state index in [0.29, 0.717) is 64.7 Å². The van der Waals surface area contributed by atoms with Gasteiger partial charge in [0, 0.05) is 45.1 Å². The van der Waals surface area contributed by atoms with Gasteiger partial charge in [0.2, 0.25) is 11.8 Å². The number of nitrogens with zero attached hydrogens (tertiary/aromatic N) is 2. The van der Waals surface area contributed by atoms with E-state index in [1.165, 1.54) is 0 Å². The van der Waals surface area contributed by atoms with E-state index < -0.39 is 48.4 Å². The molecule has 1 rings (SSSR count). The van der Waals surface area contributed by atoms with Gasteiger partial charge in [-0.3, -0.25) is 29.1 Å². The van der Waals surface area contributed by atoms with E-state index in [1.807, 2.05) is 23.1 Å². The van der Waals surface area contributed by atoms with Crippen molar-refractivity contribution in [1.82, 2.24) is 31.2 Å². The summed E-state index contributed by atoms with van der Waals surface area (Å²) in [5.74, 6) is -4.89. The maximum absolute atomic E-state index is 12.1. The molecule has 0 saturated carbocycles. The maximum Gasteiger partial charge on any atom is 0.326 e. The smallest absolute Gasteiger partial charge is 0.326 e. The molecule has 1 heterocycles. The Balaban J connectivity index is 2.04. The van der Waals surface area contributed by atoms with Crippen molar-refractivity contribution in [2.75, 3.05) is 26.2 Å². The van der Waals surface area contributed by atoms with Gasteiger partial charge in [0.1, 0.15) is 12.1 Å². The van der Waals surface area contributed by atoms with Gasteiger partial charge in [0.25, 0.3) is 0 Å². The van der Waals surface area contributed by atoms with Crippen LogP contribution in [0.15, 0.2) is 24.4 Å². The van der Waals surface area contributed by atoms with Gasteiger partial charge in [-0.25, -0.2) is 14.4 Å². The van der Waals surface area contributed by atoms with Crippen molar-refractivity contribution < 1.29 is 54.0 Å². The Morgan fingerprint density at radius 3 is 1.67 bits per heavy atom. The van der Waals surface area contributed by atoms with Crippen LogP contribution in [0.3, 0.4) is 0 Å². The molecule has 0 aliphatic heterocycles. The van der Waals surface area contributed by atoms with Crippen LogP contribution in [0.25, 0.3) is 0 Å². The number of urea groups is 1. The van der Waals surface area contributed by atoms with Crippen molar-refractivity contribution in [2.45, 2.75) is 121 Å². The molecule has 0 spiro atoms. The average molecular weight is 737 g/mol. The SMILES string of the molecule is O=C(O)CCC(NC(=O)NC(CCCCCNC(=O)CCCCCCC(=O)NCCCCCCN(CC(=O)O)Cc1ccccn1)C(=O)O)C(=O)O. The molecule has 2 unspecified atom stereocenters. The summed E-state index contributed by atoms with van der Waals surface area (Å²) in [5, 5.41) is 46.5. The molecule has 0 bridgehead atoms. The standard InChI is InChI=1S/C35H56N6O11/c42-29(37-21-10-3-4-13-23-41(25-32(46)47)24-26-14-9-12-20-36-26)16-7-1-2-8-17-30(43)38-22-11-5-6-15-27(33(48)49)39-35(52)40-28(34(50)51)18-19-31(44)45/h9,12,14,20,27-28H,1-8,10-11,13,15-19,21-25H2,(H,37,42)(H,38,43)(H,44,45)(H,46,47)(H,48,49)(H,50,51)(H2,39,40,52). The highest BCUT2D eigenvalue weighted by molar-refractivity contribution is 5.86. The second kappa shape index (κ2) is 27.9. The summed E-state index contributed by atoms with van der Waals surface area (Å²) >= 11 is 0. The van der Waals surface area contributed by atoms with Gasteiger partial charge >= 0.3 is 29.9 Å². The zero-order valence-corrected chi connectivity index (χ0v) is 29.9. The van der Waals surface area contributed by atoms with Crippen LogP contribution >= 0.6 is 0 Å². The molecule has 17 heteroatoms. The zero-order valence-electron chi connectivity index (χ0n) is 29.9. The van der Waals surface area contributed by atoms with Crippen molar-refractivity contribution in [3.05, 3.63) is 30.1 Å². The van der Waals surface area contributed by atoms with E-state index in [-0.39, 0.29) is 31.2 Å². The fourth-order valence-corrected chi connectivity index (χ4v) is 5.29. The summed E-state index contributed by atoms with van der Waals surface area (Å²) in [5.41, 5.74) is 0.836. The number of carboxylic acids is 4. The Labute approximate surface area is 304 Å². The number of hydrogen-bond donors (Lipinski definition) is 8. The third kappa shape index (κ3) is 24.4. The molecule has 52 heavy (non-hydrogen) atoms. The number of unbranched alkanes of at least 4 members (excludes halogenated alkanes) is 8. The number of carboxylic acid groups (broad SMARTS) is 4. The van der Waals surface area contributed by atoms with Crippen LogP contribution in [0.1, 0.15) is 108 Å². The number of carbonyl (C=O) groups is 7. The van der Waals surface area contributed by atoms with Crippen LogP contribution in [0.4, 0.5) is 4.79 Å². The lowest BCUT2D eigenvalue weighted by Gasteiger charge is -2.19. The molecule has 0 aromatic carbocycles. The van der Waals surface area contributed by atoms with Gasteiger partial charge in [-0.1, -0.05) is 44.6 Å². The van der Waals surface area contributed by atoms with Crippen LogP contribution in [-0.2, 0) is 35.3 Å². The third-order valence-corrected chi connectivity index (χ3v) is 8.10. The van der Waals surface area contributed by atoms with Crippen LogP contribution in [0.5, 0.6) is 0 Å². The lowest BCUT2D eigenvalue weighted by atomic mass is 10.1. The minimum absolute atomic E-state index is 0.00858. The molecule has 0 saturated heterocycles. The molecular formula is C35H56N6O11. The number of aromatic nitrogens is 1. The van der Waals surface area contributed by atoms with Gasteiger partial charge in [-0.2, -0.15) is 0 Å². The fraction of sp³-hybridized carbons (Fsp3) is 0.657. The minimum Gasteiger partial charge on any atom is -0.481 e. The molecule has 292 valence electrons. The number of carbonyl (C=O) groups excluding carboxylic acids is 3. The third-order valence-electron chi connectivity index (χ3n) is 8.10. The molecular weight excluding hydrogens is 680 g/mol. The Morgan fingerprint density at radius 1 is 0.615 bits per heavy atom. The molecule has 4 amide bonds. The number of rotatable bonds is 31. The van der Waals surface area contributed by atoms with Crippen molar-refractivity contribution in [2.24, 2.45) is 0 Å². The van der Waals surface area contributed by atoms with Gasteiger partial charge < -0.3 is 41.7 Å². The molecule has 8 N–H and O–H groups in total. The van der Waals surface area contributed by atoms with E-state index in [4.69, 9.17) is 10.2 Å². The number of amides is 4. The zero-order chi connectivity index (χ0) is 38.6. The highest BCUT2D eigenvalue weighted by Gasteiger charge is 2.24. The van der Waals surface area contributed by atoms with E-state index >= 15 is 0 Å². The lowest BCUT2D eigenvalue weighted by molar-refractivity contribution is -0.141. The number of hydrogen-bond acceptors (Lipinski definition) is 9. The monoisotopic (exact) mass is 736 g/mol. The van der Waals surface area contributed by atoms with Crippen molar-refractivity contribution in [1.29, 1.82) is 0 Å². The molecule has 1 aromatic rings. The average Bonchev–Trinajstić information content (AvgIpc) is 3.08. The van der Waals surface area contributed by atoms with Gasteiger partial charge in [-0.05, 0) is 63.6 Å². The predicted octanol–water partition coefficient (Wildman–Crippen LogP) is 2.73. The Morgan fingerprint density at radius 2 is 1.15 bits per heavy atom. The second-order valence-electron chi connectivity index (χ2n) is 12.6. The summed E-state index contributed by atoms with van der Waals surface area (Å²) in [7, 11) is 0. The molecule has 0 fully saturated rings. The summed E-state index contributed by atoms with van der Waals surface area (Å²) in [4.78, 5) is 87.0. The first kappa shape index (κ1) is 45.2. The van der Waals surface area contributed by atoms with Crippen LogP contribution in [-0.4, -0.2) is 110 Å². The van der Waals surface area contributed by atoms with E-state index in [1.54, 1.807) is 6.20 Å². The normalized spacial score (nSPS) is 12.0. The quantitative estimate of drug-likeness (QED) is 0.0511. The summed E-state index contributed by atoms with van der Waals surface area (Å²) < 4.78 is 0. The van der Waals surface area contributed by atoms with Gasteiger partial charge in [0.05, 0.1) is 12.2 Å². The highest BCUT2D eigenvalue weighted by atomic mass is 16.4. The number of aliphatic carboxylic acids is 4. The van der Waals surface area contributed by atoms with Crippen LogP contribution < -0.4 is 21.3 Å². The molecule has 17 nitrogen and oxygen atoms in total. The van der Waals surface area contributed by atoms with E-state index in [9.17, 15) is 43.8 Å². The molecule has 0 aliphatic rings.